The third kappa shape index (κ3) is 4.43. The van der Waals surface area contributed by atoms with Crippen molar-refractivity contribution < 1.29 is 9.21 Å². The van der Waals surface area contributed by atoms with E-state index in [1.165, 1.54) is 5.56 Å². The van der Waals surface area contributed by atoms with Gasteiger partial charge in [0.1, 0.15) is 5.52 Å². The predicted molar refractivity (Wildman–Crippen MR) is 115 cm³/mol. The first-order valence-electron chi connectivity index (χ1n) is 10.2. The van der Waals surface area contributed by atoms with Gasteiger partial charge < -0.3 is 19.5 Å². The summed E-state index contributed by atoms with van der Waals surface area (Å²) in [7, 11) is 4.09. The Bertz CT molecular complexity index is 913. The molecule has 0 bridgehead atoms. The van der Waals surface area contributed by atoms with Gasteiger partial charge in [-0.15, -0.1) is 0 Å². The van der Waals surface area contributed by atoms with Crippen molar-refractivity contribution in [1.29, 1.82) is 0 Å². The van der Waals surface area contributed by atoms with Gasteiger partial charge in [0.05, 0.1) is 6.04 Å². The number of hydrogen-bond donors (Lipinski definition) is 1. The molecule has 1 saturated heterocycles. The van der Waals surface area contributed by atoms with Crippen LogP contribution in [0.25, 0.3) is 11.1 Å². The van der Waals surface area contributed by atoms with Crippen LogP contribution in [0.3, 0.4) is 0 Å². The van der Waals surface area contributed by atoms with Crippen molar-refractivity contribution in [2.75, 3.05) is 38.6 Å². The van der Waals surface area contributed by atoms with Gasteiger partial charge in [-0.05, 0) is 44.6 Å². The Labute approximate surface area is 171 Å². The fourth-order valence-corrected chi connectivity index (χ4v) is 3.94. The number of benzene rings is 2. The van der Waals surface area contributed by atoms with Crippen LogP contribution in [0, 0.1) is 5.92 Å². The van der Waals surface area contributed by atoms with Crippen molar-refractivity contribution in [3.8, 4) is 0 Å². The second-order valence-electron chi connectivity index (χ2n) is 7.86. The lowest BCUT2D eigenvalue weighted by molar-refractivity contribution is -0.125. The van der Waals surface area contributed by atoms with Crippen LogP contribution in [-0.2, 0) is 4.79 Å². The zero-order valence-electron chi connectivity index (χ0n) is 17.0. The average Bonchev–Trinajstić information content (AvgIpc) is 3.19. The summed E-state index contributed by atoms with van der Waals surface area (Å²) in [4.78, 5) is 21.6. The highest BCUT2D eigenvalue weighted by molar-refractivity contribution is 5.79. The van der Waals surface area contributed by atoms with Crippen LogP contribution in [0.1, 0.15) is 24.4 Å². The van der Waals surface area contributed by atoms with E-state index in [9.17, 15) is 4.79 Å². The number of nitrogens with zero attached hydrogens (tertiary/aromatic N) is 3. The highest BCUT2D eigenvalue weighted by Gasteiger charge is 2.27. The monoisotopic (exact) mass is 392 g/mol. The number of nitrogens with one attached hydrogen (secondary N) is 1. The molecule has 29 heavy (non-hydrogen) atoms. The Morgan fingerprint density at radius 1 is 1.14 bits per heavy atom. The Balaban J connectivity index is 1.31. The van der Waals surface area contributed by atoms with Crippen LogP contribution >= 0.6 is 0 Å². The van der Waals surface area contributed by atoms with E-state index in [0.717, 1.165) is 37.0 Å². The standard InChI is InChI=1S/C23H28N4O2/c1-26(2)20(17-8-4-3-5-9-17)16-24-22(28)18-12-14-27(15-13-18)23-25-19-10-6-7-11-21(19)29-23/h3-11,18,20H,12-16H2,1-2H3,(H,24,28)/t20-/m1/s1. The van der Waals surface area contributed by atoms with Crippen LogP contribution in [-0.4, -0.2) is 49.5 Å². The van der Waals surface area contributed by atoms with E-state index in [2.05, 4.69) is 32.2 Å². The lowest BCUT2D eigenvalue weighted by Crippen LogP contribution is -2.42. The van der Waals surface area contributed by atoms with E-state index in [1.807, 2.05) is 56.6 Å². The van der Waals surface area contributed by atoms with Crippen molar-refractivity contribution in [2.45, 2.75) is 18.9 Å². The van der Waals surface area contributed by atoms with E-state index in [-0.39, 0.29) is 17.9 Å². The van der Waals surface area contributed by atoms with Gasteiger partial charge >= 0.3 is 0 Å². The zero-order valence-corrected chi connectivity index (χ0v) is 17.0. The molecule has 1 fully saturated rings. The Morgan fingerprint density at radius 2 is 1.83 bits per heavy atom. The van der Waals surface area contributed by atoms with Gasteiger partial charge in [0.2, 0.25) is 5.91 Å². The normalized spacial score (nSPS) is 16.3. The summed E-state index contributed by atoms with van der Waals surface area (Å²) in [6, 6.07) is 18.9. The predicted octanol–water partition coefficient (Wildman–Crippen LogP) is 3.46. The van der Waals surface area contributed by atoms with E-state index < -0.39 is 0 Å². The summed E-state index contributed by atoms with van der Waals surface area (Å²) >= 11 is 0. The topological polar surface area (TPSA) is 61.6 Å². The molecule has 1 atom stereocenters. The smallest absolute Gasteiger partial charge is 0.298 e. The molecule has 1 N–H and O–H groups in total. The summed E-state index contributed by atoms with van der Waals surface area (Å²) in [5.41, 5.74) is 2.89. The molecule has 2 heterocycles. The minimum atomic E-state index is 0.0363. The largest absolute Gasteiger partial charge is 0.423 e. The summed E-state index contributed by atoms with van der Waals surface area (Å²) < 4.78 is 5.87. The molecule has 6 nitrogen and oxygen atoms in total. The number of piperidine rings is 1. The number of amides is 1. The molecule has 6 heteroatoms. The first-order chi connectivity index (χ1) is 14.1. The molecule has 4 rings (SSSR count). The van der Waals surface area contributed by atoms with Crippen LogP contribution in [0.2, 0.25) is 0 Å². The molecular weight excluding hydrogens is 364 g/mol. The van der Waals surface area contributed by atoms with Crippen molar-refractivity contribution >= 4 is 23.0 Å². The summed E-state index contributed by atoms with van der Waals surface area (Å²) in [6.07, 6.45) is 1.62. The number of anilines is 1. The van der Waals surface area contributed by atoms with E-state index in [0.29, 0.717) is 12.6 Å². The first-order valence-corrected chi connectivity index (χ1v) is 10.2. The molecule has 2 aromatic carbocycles. The van der Waals surface area contributed by atoms with Crippen LogP contribution in [0.4, 0.5) is 6.01 Å². The second kappa shape index (κ2) is 8.66. The molecule has 1 aliphatic rings. The SMILES string of the molecule is CN(C)[C@H](CNC(=O)C1CCN(c2nc3ccccc3o2)CC1)c1ccccc1. The van der Waals surface area contributed by atoms with Gasteiger partial charge in [-0.1, -0.05) is 42.5 Å². The number of fused-ring (bicyclic) bond motifs is 1. The number of rotatable bonds is 6. The molecule has 0 unspecified atom stereocenters. The Morgan fingerprint density at radius 3 is 2.52 bits per heavy atom. The lowest BCUT2D eigenvalue weighted by Gasteiger charge is -2.31. The molecule has 1 aromatic heterocycles. The van der Waals surface area contributed by atoms with Crippen LogP contribution < -0.4 is 10.2 Å². The van der Waals surface area contributed by atoms with Crippen molar-refractivity contribution in [1.82, 2.24) is 15.2 Å². The van der Waals surface area contributed by atoms with E-state index in [4.69, 9.17) is 4.42 Å². The molecule has 0 saturated carbocycles. The molecule has 0 radical (unpaired) electrons. The number of likely N-dealkylation sites (N-methyl/N-ethyl adjacent to an activating group) is 1. The summed E-state index contributed by atoms with van der Waals surface area (Å²) in [6.45, 7) is 2.17. The fraction of sp³-hybridized carbons (Fsp3) is 0.391. The quantitative estimate of drug-likeness (QED) is 0.696. The Kier molecular flexibility index (Phi) is 5.81. The van der Waals surface area contributed by atoms with Crippen molar-refractivity contribution in [3.05, 3.63) is 60.2 Å². The minimum absolute atomic E-state index is 0.0363. The number of para-hydroxylation sites is 2. The van der Waals surface area contributed by atoms with E-state index >= 15 is 0 Å². The molecule has 1 amide bonds. The number of hydrogen-bond acceptors (Lipinski definition) is 5. The first kappa shape index (κ1) is 19.5. The molecule has 1 aliphatic heterocycles. The minimum Gasteiger partial charge on any atom is -0.423 e. The number of aromatic nitrogens is 1. The Hall–Kier alpha value is -2.86. The summed E-state index contributed by atoms with van der Waals surface area (Å²) in [5.74, 6) is 0.180. The lowest BCUT2D eigenvalue weighted by atomic mass is 9.96. The molecule has 152 valence electrons. The molecule has 0 spiro atoms. The molecule has 0 aliphatic carbocycles. The van der Waals surface area contributed by atoms with Crippen molar-refractivity contribution in [2.24, 2.45) is 5.92 Å². The van der Waals surface area contributed by atoms with Gasteiger partial charge in [0, 0.05) is 25.6 Å². The third-order valence-electron chi connectivity index (χ3n) is 5.70. The highest BCUT2D eigenvalue weighted by Crippen LogP contribution is 2.26. The molecule has 3 aromatic rings. The third-order valence-corrected chi connectivity index (χ3v) is 5.70. The van der Waals surface area contributed by atoms with Crippen LogP contribution in [0.5, 0.6) is 0 Å². The number of oxazole rings is 1. The summed E-state index contributed by atoms with van der Waals surface area (Å²) in [5, 5.41) is 3.17. The molecular formula is C23H28N4O2. The van der Waals surface area contributed by atoms with Gasteiger partial charge in [-0.25, -0.2) is 0 Å². The number of carbonyl (C=O) groups excluding carboxylic acids is 1. The average molecular weight is 393 g/mol. The van der Waals surface area contributed by atoms with E-state index in [1.54, 1.807) is 0 Å². The van der Waals surface area contributed by atoms with Gasteiger partial charge in [0.15, 0.2) is 5.58 Å². The maximum absolute atomic E-state index is 12.8. The van der Waals surface area contributed by atoms with Gasteiger partial charge in [-0.2, -0.15) is 4.98 Å². The van der Waals surface area contributed by atoms with Crippen LogP contribution in [0.15, 0.2) is 59.0 Å². The highest BCUT2D eigenvalue weighted by atomic mass is 16.4. The number of carbonyl (C=O) groups is 1. The second-order valence-corrected chi connectivity index (χ2v) is 7.86. The zero-order chi connectivity index (χ0) is 20.2. The maximum Gasteiger partial charge on any atom is 0.298 e. The van der Waals surface area contributed by atoms with Crippen molar-refractivity contribution in [3.63, 3.8) is 0 Å². The van der Waals surface area contributed by atoms with Gasteiger partial charge in [0.25, 0.3) is 6.01 Å². The van der Waals surface area contributed by atoms with Gasteiger partial charge in [-0.3, -0.25) is 4.79 Å². The fourth-order valence-electron chi connectivity index (χ4n) is 3.94. The maximum atomic E-state index is 12.8.